The summed E-state index contributed by atoms with van der Waals surface area (Å²) in [6.07, 6.45) is 0. The SMILES string of the molecule is Br.[CH-]=C.[CH2-]N(C)C.[Mg+2]. The van der Waals surface area contributed by atoms with E-state index in [9.17, 15) is 0 Å². The number of rotatable bonds is 0. The molecule has 0 saturated heterocycles. The molecule has 8 heavy (non-hydrogen) atoms. The van der Waals surface area contributed by atoms with Gasteiger partial charge < -0.3 is 11.5 Å². The Labute approximate surface area is 79.1 Å². The fourth-order valence-corrected chi connectivity index (χ4v) is 0. The molecule has 0 aromatic carbocycles. The van der Waals surface area contributed by atoms with Crippen LogP contribution >= 0.6 is 17.0 Å². The molecular weight excluding hydrogens is 178 g/mol. The van der Waals surface area contributed by atoms with Crippen molar-refractivity contribution in [2.45, 2.75) is 0 Å². The van der Waals surface area contributed by atoms with Crippen molar-refractivity contribution >= 4 is 40.0 Å². The molecular formula is C5H12BrMgN. The van der Waals surface area contributed by atoms with Crippen molar-refractivity contribution in [1.82, 2.24) is 4.90 Å². The van der Waals surface area contributed by atoms with Crippen LogP contribution < -0.4 is 0 Å². The second kappa shape index (κ2) is 24.6. The van der Waals surface area contributed by atoms with Crippen LogP contribution in [0.3, 0.4) is 0 Å². The Balaban J connectivity index is -0.0000000183. The van der Waals surface area contributed by atoms with Crippen LogP contribution in [0, 0.1) is 13.6 Å². The van der Waals surface area contributed by atoms with E-state index in [1.165, 1.54) is 0 Å². The molecule has 0 rings (SSSR count). The quantitative estimate of drug-likeness (QED) is 0.409. The van der Waals surface area contributed by atoms with E-state index < -0.39 is 0 Å². The Kier molecular flexibility index (Phi) is 71.1. The van der Waals surface area contributed by atoms with Crippen LogP contribution in [0.1, 0.15) is 0 Å². The van der Waals surface area contributed by atoms with Crippen LogP contribution in [-0.2, 0) is 0 Å². The van der Waals surface area contributed by atoms with E-state index in [4.69, 9.17) is 0 Å². The van der Waals surface area contributed by atoms with Crippen LogP contribution in [0.15, 0.2) is 6.58 Å². The number of hydrogen-bond donors (Lipinski definition) is 0. The predicted molar refractivity (Wildman–Crippen MR) is 45.0 cm³/mol. The first-order valence-electron chi connectivity index (χ1n) is 1.62. The fraction of sp³-hybridized carbons (Fsp3) is 0.400. The summed E-state index contributed by atoms with van der Waals surface area (Å²) in [5.74, 6) is 0. The predicted octanol–water partition coefficient (Wildman–Crippen LogP) is 1.14. The summed E-state index contributed by atoms with van der Waals surface area (Å²) in [4.78, 5) is 1.75. The first-order valence-corrected chi connectivity index (χ1v) is 1.62. The van der Waals surface area contributed by atoms with E-state index in [0.717, 1.165) is 0 Å². The standard InChI is InChI=1S/C3H8N.C2H3.BrH.Mg/c1-4(2)3;1-2;;/h1H2,2-3H3;1H,2H2;1H;/q2*-1;;+2. The van der Waals surface area contributed by atoms with Gasteiger partial charge in [0.1, 0.15) is 0 Å². The second-order valence-corrected chi connectivity index (χ2v) is 1.08. The minimum Gasteiger partial charge on any atom is -0.521 e. The average molecular weight is 190 g/mol. The van der Waals surface area contributed by atoms with E-state index in [0.29, 0.717) is 0 Å². The summed E-state index contributed by atoms with van der Waals surface area (Å²) in [6, 6.07) is 0. The molecule has 0 aliphatic carbocycles. The van der Waals surface area contributed by atoms with Crippen molar-refractivity contribution in [3.63, 3.8) is 0 Å². The summed E-state index contributed by atoms with van der Waals surface area (Å²) < 4.78 is 0. The molecule has 0 aromatic heterocycles. The minimum absolute atomic E-state index is 0. The molecule has 3 heteroatoms. The van der Waals surface area contributed by atoms with Crippen molar-refractivity contribution in [1.29, 1.82) is 0 Å². The van der Waals surface area contributed by atoms with E-state index in [-0.39, 0.29) is 40.0 Å². The van der Waals surface area contributed by atoms with E-state index in [1.807, 2.05) is 14.1 Å². The molecule has 0 fully saturated rings. The molecule has 0 aromatic rings. The third kappa shape index (κ3) is 274. The molecule has 0 bridgehead atoms. The van der Waals surface area contributed by atoms with Gasteiger partial charge in [0.25, 0.3) is 0 Å². The smallest absolute Gasteiger partial charge is 0.521 e. The zero-order valence-electron chi connectivity index (χ0n) is 5.55. The average Bonchev–Trinajstić information content (AvgIpc) is 1.41. The summed E-state index contributed by atoms with van der Waals surface area (Å²) in [6.45, 7) is 7.00. The molecule has 0 radical (unpaired) electrons. The van der Waals surface area contributed by atoms with Gasteiger partial charge in [0.05, 0.1) is 0 Å². The van der Waals surface area contributed by atoms with Crippen LogP contribution in [0.5, 0.6) is 0 Å². The molecule has 0 N–H and O–H groups in total. The number of nitrogens with zero attached hydrogens (tertiary/aromatic N) is 1. The van der Waals surface area contributed by atoms with Gasteiger partial charge in [-0.25, -0.2) is 0 Å². The van der Waals surface area contributed by atoms with Gasteiger partial charge in [-0.15, -0.1) is 17.0 Å². The van der Waals surface area contributed by atoms with Gasteiger partial charge >= 0.3 is 23.1 Å². The minimum atomic E-state index is 0. The van der Waals surface area contributed by atoms with Crippen molar-refractivity contribution in [2.75, 3.05) is 14.1 Å². The largest absolute Gasteiger partial charge is 2.00 e. The van der Waals surface area contributed by atoms with Gasteiger partial charge in [0, 0.05) is 0 Å². The maximum absolute atomic E-state index is 4.25. The molecule has 0 unspecified atom stereocenters. The maximum atomic E-state index is 4.25. The van der Waals surface area contributed by atoms with Crippen LogP contribution in [0.4, 0.5) is 0 Å². The number of hydrogen-bond acceptors (Lipinski definition) is 1. The Morgan fingerprint density at radius 2 is 1.38 bits per heavy atom. The van der Waals surface area contributed by atoms with E-state index in [2.05, 4.69) is 20.2 Å². The monoisotopic (exact) mass is 189 g/mol. The normalized spacial score (nSPS) is 5.00. The van der Waals surface area contributed by atoms with Crippen molar-refractivity contribution < 1.29 is 0 Å². The van der Waals surface area contributed by atoms with Gasteiger partial charge in [-0.2, -0.15) is 0 Å². The molecule has 0 aliphatic rings. The zero-order valence-corrected chi connectivity index (χ0v) is 8.68. The first-order chi connectivity index (χ1) is 2.73. The molecule has 46 valence electrons. The Hall–Kier alpha value is 0.946. The summed E-state index contributed by atoms with van der Waals surface area (Å²) in [5.41, 5.74) is 0. The fourth-order valence-electron chi connectivity index (χ4n) is 0. The van der Waals surface area contributed by atoms with Crippen molar-refractivity contribution in [3.05, 3.63) is 20.2 Å². The molecule has 0 saturated carbocycles. The Morgan fingerprint density at radius 3 is 1.38 bits per heavy atom. The summed E-state index contributed by atoms with van der Waals surface area (Å²) in [7, 11) is 7.25. The van der Waals surface area contributed by atoms with Crippen molar-refractivity contribution in [3.8, 4) is 0 Å². The van der Waals surface area contributed by atoms with Gasteiger partial charge in [-0.3, -0.25) is 13.6 Å². The van der Waals surface area contributed by atoms with Crippen LogP contribution in [-0.4, -0.2) is 42.0 Å². The Bertz CT molecular complexity index is 23.6. The summed E-state index contributed by atoms with van der Waals surface area (Å²) in [5, 5.41) is 0. The molecule has 0 amide bonds. The van der Waals surface area contributed by atoms with Crippen LogP contribution in [0.25, 0.3) is 0 Å². The third-order valence-electron chi connectivity index (χ3n) is 0. The van der Waals surface area contributed by atoms with E-state index in [1.54, 1.807) is 4.90 Å². The van der Waals surface area contributed by atoms with E-state index >= 15 is 0 Å². The molecule has 0 aliphatic heterocycles. The van der Waals surface area contributed by atoms with Crippen molar-refractivity contribution in [2.24, 2.45) is 0 Å². The Morgan fingerprint density at radius 1 is 1.38 bits per heavy atom. The molecule has 0 heterocycles. The number of halogens is 1. The first kappa shape index (κ1) is 23.1. The van der Waals surface area contributed by atoms with Gasteiger partial charge in [-0.1, -0.05) is 0 Å². The summed E-state index contributed by atoms with van der Waals surface area (Å²) >= 11 is 0. The zero-order chi connectivity index (χ0) is 5.58. The third-order valence-corrected chi connectivity index (χ3v) is 0. The van der Waals surface area contributed by atoms with Gasteiger partial charge in [0.2, 0.25) is 0 Å². The van der Waals surface area contributed by atoms with Gasteiger partial charge in [0.15, 0.2) is 0 Å². The molecule has 0 atom stereocenters. The van der Waals surface area contributed by atoms with Crippen LogP contribution in [0.2, 0.25) is 0 Å². The maximum Gasteiger partial charge on any atom is 2.00 e. The second-order valence-electron chi connectivity index (χ2n) is 1.08. The van der Waals surface area contributed by atoms with Gasteiger partial charge in [-0.05, 0) is 14.1 Å². The molecule has 1 nitrogen and oxygen atoms in total. The molecule has 0 spiro atoms. The topological polar surface area (TPSA) is 3.24 Å².